The van der Waals surface area contributed by atoms with E-state index in [-0.39, 0.29) is 98.4 Å². The van der Waals surface area contributed by atoms with E-state index in [1.54, 1.807) is 58.4 Å². The molecule has 4 rings (SSSR count). The SMILES string of the molecule is C.C.CNCCC(=O)N1C[C@@H](COP(=O)(N(C)C)N2C[C@@H](CO)O[C@@H](C)C2)O[C@@H](C)C1.CP=O.C[C@H]1CN(C)C[C@@H](COP(=O)(N(C)C)N2C[C@@H](CO)O[C@@H](C)C2)O1. The number of carbonyl (C=O) groups is 1. The van der Waals surface area contributed by atoms with Crippen LogP contribution >= 0.6 is 23.8 Å². The van der Waals surface area contributed by atoms with Crippen LogP contribution in [-0.2, 0) is 46.5 Å². The van der Waals surface area contributed by atoms with Gasteiger partial charge in [-0.1, -0.05) is 14.9 Å². The van der Waals surface area contributed by atoms with Crippen LogP contribution in [0.15, 0.2) is 0 Å². The van der Waals surface area contributed by atoms with Crippen molar-refractivity contribution in [2.24, 2.45) is 0 Å². The van der Waals surface area contributed by atoms with E-state index in [1.165, 1.54) is 0 Å². The van der Waals surface area contributed by atoms with Gasteiger partial charge in [-0.3, -0.25) is 18.5 Å². The quantitative estimate of drug-likeness (QED) is 0.203. The number of aliphatic hydroxyl groups is 2. The summed E-state index contributed by atoms with van der Waals surface area (Å²) in [6.07, 6.45) is -1.01. The van der Waals surface area contributed by atoms with Gasteiger partial charge in [-0.25, -0.2) is 18.7 Å². The van der Waals surface area contributed by atoms with E-state index in [4.69, 9.17) is 32.6 Å². The first kappa shape index (κ1) is 57.5. The van der Waals surface area contributed by atoms with Crippen LogP contribution in [0.25, 0.3) is 0 Å². The average molecular weight is 896 g/mol. The third kappa shape index (κ3) is 18.1. The predicted octanol–water partition coefficient (Wildman–Crippen LogP) is 2.63. The monoisotopic (exact) mass is 896 g/mol. The standard InChI is InChI=1S/C18H37N4O6P.C15H32N3O5P.CH3OP.2CH4/c1-14-8-21(18(24)6-7-19-3)10-17(28-14)13-26-29(25,20(4)5)22-9-15(2)27-16(11-22)12-23;1-12-6-17(5)8-15(23-12)11-21-24(20,16(3)4)18-7-13(2)22-14(9-18)10-19;1-3-2;;/h14-17,19,23H,6-13H2,1-5H3;12-15,19H,6-11H2,1-5H3;1H3;2*1H4/t14-,15-,16-,17-,29?;12-,13-,14-,15-,24?;;;/m00.../s1. The second kappa shape index (κ2) is 28.2. The van der Waals surface area contributed by atoms with Crippen LogP contribution in [0.5, 0.6) is 0 Å². The summed E-state index contributed by atoms with van der Waals surface area (Å²) in [5.74, 6) is 0.0723. The minimum Gasteiger partial charge on any atom is -0.394 e. The van der Waals surface area contributed by atoms with Crippen molar-refractivity contribution in [2.75, 3.05) is 134 Å². The zero-order valence-electron chi connectivity index (χ0n) is 35.5. The van der Waals surface area contributed by atoms with Gasteiger partial charge in [0.25, 0.3) is 0 Å². The van der Waals surface area contributed by atoms with Crippen LogP contribution < -0.4 is 5.32 Å². The summed E-state index contributed by atoms with van der Waals surface area (Å²) >= 11 is 0. The molecule has 4 fully saturated rings. The fourth-order valence-electron chi connectivity index (χ4n) is 7.02. The second-order valence-electron chi connectivity index (χ2n) is 15.2. The van der Waals surface area contributed by atoms with Gasteiger partial charge in [-0.15, -0.1) is 0 Å². The molecule has 0 radical (unpaired) electrons. The fraction of sp³-hybridized carbons (Fsp3) is 0.972. The number of likely N-dealkylation sites (N-methyl/N-ethyl adjacent to an activating group) is 1. The highest BCUT2D eigenvalue weighted by Crippen LogP contribution is 2.54. The summed E-state index contributed by atoms with van der Waals surface area (Å²) in [5, 5.41) is 21.9. The van der Waals surface area contributed by atoms with Crippen molar-refractivity contribution >= 4 is 29.7 Å². The number of rotatable bonds is 15. The van der Waals surface area contributed by atoms with Crippen LogP contribution in [0.3, 0.4) is 0 Å². The summed E-state index contributed by atoms with van der Waals surface area (Å²) in [6, 6.07) is 0. The first-order valence-corrected chi connectivity index (χ1v) is 23.7. The lowest BCUT2D eigenvalue weighted by molar-refractivity contribution is -0.146. The summed E-state index contributed by atoms with van der Waals surface area (Å²) in [5.41, 5.74) is 0. The maximum Gasteiger partial charge on any atom is 0.345 e. The van der Waals surface area contributed by atoms with Crippen molar-refractivity contribution in [2.45, 2.75) is 97.8 Å². The Labute approximate surface area is 351 Å². The fourth-order valence-corrected chi connectivity index (χ4v) is 11.2. The van der Waals surface area contributed by atoms with Crippen LogP contribution in [0.4, 0.5) is 0 Å². The van der Waals surface area contributed by atoms with E-state index in [2.05, 4.69) is 10.2 Å². The number of hydrogen-bond acceptors (Lipinski definition) is 14. The molecule has 0 aromatic rings. The topological polar surface area (TPSA) is 196 Å². The van der Waals surface area contributed by atoms with Crippen molar-refractivity contribution in [3.05, 3.63) is 0 Å². The Bertz CT molecular complexity index is 1250. The molecule has 0 aliphatic carbocycles. The first-order valence-electron chi connectivity index (χ1n) is 19.4. The Kier molecular flexibility index (Phi) is 28.0. The molecule has 19 nitrogen and oxygen atoms in total. The molecule has 0 aromatic carbocycles. The highest BCUT2D eigenvalue weighted by atomic mass is 31.2. The van der Waals surface area contributed by atoms with Gasteiger partial charge in [-0.05, 0) is 70.0 Å². The van der Waals surface area contributed by atoms with E-state index in [0.717, 1.165) is 13.1 Å². The molecular formula is C36H80N7O12P3. The molecule has 0 bridgehead atoms. The summed E-state index contributed by atoms with van der Waals surface area (Å²) in [4.78, 5) is 16.4. The molecule has 4 aliphatic heterocycles. The largest absolute Gasteiger partial charge is 0.394 e. The molecule has 2 unspecified atom stereocenters. The molecule has 0 spiro atoms. The van der Waals surface area contributed by atoms with Crippen molar-refractivity contribution in [3.63, 3.8) is 0 Å². The predicted molar refractivity (Wildman–Crippen MR) is 229 cm³/mol. The molecule has 22 heteroatoms. The molecule has 3 N–H and O–H groups in total. The third-order valence-electron chi connectivity index (χ3n) is 9.38. The normalized spacial score (nSPS) is 30.8. The second-order valence-corrected chi connectivity index (χ2v) is 20.8. The number of ether oxygens (including phenoxy) is 4. The Balaban J connectivity index is 0.00000103. The van der Waals surface area contributed by atoms with Gasteiger partial charge in [0.1, 0.15) is 0 Å². The van der Waals surface area contributed by atoms with Crippen molar-refractivity contribution in [3.8, 4) is 0 Å². The Morgan fingerprint density at radius 1 is 0.707 bits per heavy atom. The molecule has 4 heterocycles. The van der Waals surface area contributed by atoms with Gasteiger partial charge in [0.15, 0.2) is 8.46 Å². The molecule has 4 saturated heterocycles. The number of aliphatic hydroxyl groups excluding tert-OH is 2. The molecule has 346 valence electrons. The number of carbonyl (C=O) groups excluding carboxylic acids is 1. The first-order chi connectivity index (χ1) is 26.3. The van der Waals surface area contributed by atoms with E-state index >= 15 is 0 Å². The molecule has 0 aromatic heterocycles. The number of morpholine rings is 4. The average Bonchev–Trinajstić information content (AvgIpc) is 3.14. The molecule has 4 aliphatic rings. The molecule has 0 saturated carbocycles. The zero-order chi connectivity index (χ0) is 42.2. The number of nitrogens with one attached hydrogen (secondary N) is 1. The van der Waals surface area contributed by atoms with Crippen molar-refractivity contribution in [1.82, 2.24) is 33.8 Å². The van der Waals surface area contributed by atoms with E-state index in [9.17, 15) is 24.1 Å². The molecular weight excluding hydrogens is 815 g/mol. The van der Waals surface area contributed by atoms with Gasteiger partial charge in [0.2, 0.25) is 5.91 Å². The lowest BCUT2D eigenvalue weighted by atomic mass is 10.2. The summed E-state index contributed by atoms with van der Waals surface area (Å²) < 4.78 is 77.9. The lowest BCUT2D eigenvalue weighted by Gasteiger charge is -2.42. The minimum absolute atomic E-state index is 0. The van der Waals surface area contributed by atoms with Gasteiger partial charge < -0.3 is 53.3 Å². The number of amides is 1. The Morgan fingerprint density at radius 2 is 1.09 bits per heavy atom. The van der Waals surface area contributed by atoms with Crippen molar-refractivity contribution in [1.29, 1.82) is 0 Å². The van der Waals surface area contributed by atoms with E-state index in [1.807, 2.05) is 41.8 Å². The van der Waals surface area contributed by atoms with Crippen LogP contribution in [0, 0.1) is 0 Å². The van der Waals surface area contributed by atoms with Crippen LogP contribution in [0.1, 0.15) is 49.0 Å². The maximum absolute atomic E-state index is 13.7. The lowest BCUT2D eigenvalue weighted by Crippen LogP contribution is -2.51. The Hall–Kier alpha value is -0.530. The van der Waals surface area contributed by atoms with Crippen molar-refractivity contribution < 1.29 is 56.7 Å². The third-order valence-corrected chi connectivity index (χ3v) is 14.5. The van der Waals surface area contributed by atoms with Gasteiger partial charge in [0, 0.05) is 72.0 Å². The van der Waals surface area contributed by atoms with E-state index < -0.39 is 21.4 Å². The smallest absolute Gasteiger partial charge is 0.345 e. The Morgan fingerprint density at radius 3 is 1.47 bits per heavy atom. The molecule has 58 heavy (non-hydrogen) atoms. The summed E-state index contributed by atoms with van der Waals surface area (Å²) in [6.45, 7) is 14.4. The van der Waals surface area contributed by atoms with E-state index in [0.29, 0.717) is 52.2 Å². The minimum atomic E-state index is -3.32. The zero-order valence-corrected chi connectivity index (χ0v) is 38.2. The highest BCUT2D eigenvalue weighted by Gasteiger charge is 2.43. The maximum atomic E-state index is 13.7. The number of nitrogens with zero attached hydrogens (tertiary/aromatic N) is 6. The molecule has 1 amide bonds. The van der Waals surface area contributed by atoms with Crippen LogP contribution in [-0.4, -0.2) is 228 Å². The number of hydrogen-bond donors (Lipinski definition) is 3. The highest BCUT2D eigenvalue weighted by molar-refractivity contribution is 7.54. The van der Waals surface area contributed by atoms with Gasteiger partial charge in [-0.2, -0.15) is 0 Å². The molecule has 10 atom stereocenters. The van der Waals surface area contributed by atoms with Gasteiger partial charge in [0.05, 0.1) is 75.3 Å². The summed E-state index contributed by atoms with van der Waals surface area (Å²) in [7, 11) is 4.47. The van der Waals surface area contributed by atoms with Gasteiger partial charge >= 0.3 is 15.3 Å². The van der Waals surface area contributed by atoms with Crippen LogP contribution in [0.2, 0.25) is 0 Å².